The maximum atomic E-state index is 11.1. The van der Waals surface area contributed by atoms with Crippen LogP contribution < -0.4 is 0 Å². The van der Waals surface area contributed by atoms with Crippen molar-refractivity contribution in [3.63, 3.8) is 0 Å². The topological polar surface area (TPSA) is 93.1 Å². The molecule has 0 fully saturated rings. The van der Waals surface area contributed by atoms with Crippen molar-refractivity contribution in [2.24, 2.45) is 0 Å². The molecule has 0 radical (unpaired) electrons. The first kappa shape index (κ1) is 17.6. The maximum Gasteiger partial charge on any atom is 0.332 e. The van der Waals surface area contributed by atoms with Gasteiger partial charge in [-0.3, -0.25) is 4.79 Å². The molecule has 6 heteroatoms. The molecule has 0 saturated carbocycles. The highest BCUT2D eigenvalue weighted by Gasteiger charge is 2.17. The molecule has 0 aliphatic heterocycles. The number of carbonyl (C=O) groups is 2. The monoisotopic (exact) mass is 274 g/mol. The minimum absolute atomic E-state index is 0.0630. The number of hydrogen-bond acceptors (Lipinski definition) is 4. The quantitative estimate of drug-likeness (QED) is 0.440. The van der Waals surface area contributed by atoms with Gasteiger partial charge < -0.3 is 19.7 Å². The molecule has 2 N–H and O–H groups in total. The van der Waals surface area contributed by atoms with Crippen LogP contribution in [0.3, 0.4) is 0 Å². The molecule has 0 aliphatic rings. The molecule has 0 aliphatic carbocycles. The molecule has 0 rings (SSSR count). The Kier molecular flexibility index (Phi) is 9.74. The van der Waals surface area contributed by atoms with E-state index in [1.807, 2.05) is 13.8 Å². The van der Waals surface area contributed by atoms with Crippen LogP contribution in [-0.2, 0) is 19.1 Å². The molecule has 6 nitrogen and oxygen atoms in total. The second-order valence-corrected chi connectivity index (χ2v) is 3.85. The van der Waals surface area contributed by atoms with Gasteiger partial charge in [0.2, 0.25) is 0 Å². The van der Waals surface area contributed by atoms with Crippen molar-refractivity contribution in [1.29, 1.82) is 0 Å². The summed E-state index contributed by atoms with van der Waals surface area (Å²) in [5.74, 6) is -2.34. The highest BCUT2D eigenvalue weighted by atomic mass is 16.5. The van der Waals surface area contributed by atoms with Crippen LogP contribution in [0.2, 0.25) is 0 Å². The Labute approximate surface area is 113 Å². The van der Waals surface area contributed by atoms with E-state index in [9.17, 15) is 9.59 Å². The number of hydrogen-bond donors (Lipinski definition) is 2. The number of aliphatic carboxylic acids is 2. The molecular formula is C13H22O6. The van der Waals surface area contributed by atoms with Crippen LogP contribution in [0.25, 0.3) is 0 Å². The molecule has 0 atom stereocenters. The lowest BCUT2D eigenvalue weighted by Gasteiger charge is -2.12. The Hall–Kier alpha value is -1.40. The van der Waals surface area contributed by atoms with E-state index in [4.69, 9.17) is 19.7 Å². The molecule has 110 valence electrons. The molecule has 0 aromatic rings. The Balaban J connectivity index is 4.85. The van der Waals surface area contributed by atoms with Gasteiger partial charge in [-0.1, -0.05) is 5.57 Å². The Bertz CT molecular complexity index is 309. The normalized spacial score (nSPS) is 10.2. The third-order valence-corrected chi connectivity index (χ3v) is 2.52. The average Bonchev–Trinajstić information content (AvgIpc) is 2.34. The van der Waals surface area contributed by atoms with Crippen LogP contribution in [0.1, 0.15) is 33.1 Å². The van der Waals surface area contributed by atoms with Crippen LogP contribution >= 0.6 is 0 Å². The fourth-order valence-corrected chi connectivity index (χ4v) is 1.61. The SMILES string of the molecule is CCOCCC(CCOCC)=C(CC(=O)O)C(=O)O. The highest BCUT2D eigenvalue weighted by Crippen LogP contribution is 2.17. The first-order valence-corrected chi connectivity index (χ1v) is 6.34. The van der Waals surface area contributed by atoms with Crippen molar-refractivity contribution in [2.45, 2.75) is 33.1 Å². The molecule has 0 saturated heterocycles. The van der Waals surface area contributed by atoms with Crippen molar-refractivity contribution >= 4 is 11.9 Å². The van der Waals surface area contributed by atoms with Crippen molar-refractivity contribution in [3.05, 3.63) is 11.1 Å². The van der Waals surface area contributed by atoms with Gasteiger partial charge in [0, 0.05) is 18.8 Å². The van der Waals surface area contributed by atoms with Crippen molar-refractivity contribution < 1.29 is 29.3 Å². The Morgan fingerprint density at radius 2 is 1.42 bits per heavy atom. The zero-order chi connectivity index (χ0) is 14.7. The molecule has 0 bridgehead atoms. The van der Waals surface area contributed by atoms with E-state index in [2.05, 4.69) is 0 Å². The van der Waals surface area contributed by atoms with E-state index in [0.717, 1.165) is 0 Å². The van der Waals surface area contributed by atoms with Gasteiger partial charge in [0.1, 0.15) is 0 Å². The lowest BCUT2D eigenvalue weighted by molar-refractivity contribution is -0.139. The summed E-state index contributed by atoms with van der Waals surface area (Å²) in [5.41, 5.74) is 0.517. The first-order chi connectivity index (χ1) is 9.02. The van der Waals surface area contributed by atoms with Crippen LogP contribution in [0.5, 0.6) is 0 Å². The summed E-state index contributed by atoms with van der Waals surface area (Å²) in [6.07, 6.45) is 0.342. The highest BCUT2D eigenvalue weighted by molar-refractivity contribution is 5.92. The van der Waals surface area contributed by atoms with Gasteiger partial charge in [0.15, 0.2) is 0 Å². The minimum atomic E-state index is -1.19. The molecular weight excluding hydrogens is 252 g/mol. The van der Waals surface area contributed by atoms with E-state index in [-0.39, 0.29) is 5.57 Å². The molecule has 19 heavy (non-hydrogen) atoms. The lowest BCUT2D eigenvalue weighted by Crippen LogP contribution is -2.12. The largest absolute Gasteiger partial charge is 0.481 e. The summed E-state index contributed by atoms with van der Waals surface area (Å²) < 4.78 is 10.4. The minimum Gasteiger partial charge on any atom is -0.481 e. The standard InChI is InChI=1S/C13H22O6/c1-3-18-7-5-10(6-8-19-4-2)11(13(16)17)9-12(14)15/h3-9H2,1-2H3,(H,14,15)(H,16,17). The predicted molar refractivity (Wildman–Crippen MR) is 69.1 cm³/mol. The van der Waals surface area contributed by atoms with Crippen LogP contribution in [0, 0.1) is 0 Å². The molecule has 0 aromatic heterocycles. The zero-order valence-corrected chi connectivity index (χ0v) is 11.5. The second kappa shape index (κ2) is 10.5. The molecule has 0 aromatic carbocycles. The van der Waals surface area contributed by atoms with Gasteiger partial charge >= 0.3 is 11.9 Å². The van der Waals surface area contributed by atoms with Crippen LogP contribution in [-0.4, -0.2) is 48.6 Å². The molecule has 0 heterocycles. The summed E-state index contributed by atoms with van der Waals surface area (Å²) in [6, 6.07) is 0. The van der Waals surface area contributed by atoms with Gasteiger partial charge in [-0.25, -0.2) is 4.79 Å². The van der Waals surface area contributed by atoms with Gasteiger partial charge in [-0.05, 0) is 26.7 Å². The van der Waals surface area contributed by atoms with Gasteiger partial charge in [-0.2, -0.15) is 0 Å². The van der Waals surface area contributed by atoms with Crippen molar-refractivity contribution in [3.8, 4) is 0 Å². The smallest absolute Gasteiger partial charge is 0.332 e. The zero-order valence-electron chi connectivity index (χ0n) is 11.5. The van der Waals surface area contributed by atoms with Crippen LogP contribution in [0.4, 0.5) is 0 Å². The molecule has 0 amide bonds. The van der Waals surface area contributed by atoms with Gasteiger partial charge in [-0.15, -0.1) is 0 Å². The number of carboxylic acid groups (broad SMARTS) is 2. The van der Waals surface area contributed by atoms with Gasteiger partial charge in [0.25, 0.3) is 0 Å². The van der Waals surface area contributed by atoms with E-state index >= 15 is 0 Å². The summed E-state index contributed by atoms with van der Waals surface area (Å²) in [4.78, 5) is 21.9. The summed E-state index contributed by atoms with van der Waals surface area (Å²) in [5, 5.41) is 17.9. The Morgan fingerprint density at radius 3 is 1.74 bits per heavy atom. The Morgan fingerprint density at radius 1 is 0.947 bits per heavy atom. The second-order valence-electron chi connectivity index (χ2n) is 3.85. The fourth-order valence-electron chi connectivity index (χ4n) is 1.61. The van der Waals surface area contributed by atoms with E-state index in [1.165, 1.54) is 0 Å². The van der Waals surface area contributed by atoms with E-state index < -0.39 is 18.4 Å². The summed E-state index contributed by atoms with van der Waals surface area (Å²) in [6.45, 7) is 5.54. The van der Waals surface area contributed by atoms with Crippen molar-refractivity contribution in [1.82, 2.24) is 0 Å². The number of rotatable bonds is 11. The fraction of sp³-hybridized carbons (Fsp3) is 0.692. The summed E-state index contributed by atoms with van der Waals surface area (Å²) >= 11 is 0. The lowest BCUT2D eigenvalue weighted by atomic mass is 10.00. The van der Waals surface area contributed by atoms with Crippen LogP contribution in [0.15, 0.2) is 11.1 Å². The molecule has 0 spiro atoms. The number of ether oxygens (including phenoxy) is 2. The predicted octanol–water partition coefficient (Wildman–Crippen LogP) is 1.70. The van der Waals surface area contributed by atoms with E-state index in [0.29, 0.717) is 44.8 Å². The third kappa shape index (κ3) is 8.34. The number of carboxylic acids is 2. The molecule has 0 unspecified atom stereocenters. The third-order valence-electron chi connectivity index (χ3n) is 2.52. The summed E-state index contributed by atoms with van der Waals surface area (Å²) in [7, 11) is 0. The first-order valence-electron chi connectivity index (χ1n) is 6.34. The van der Waals surface area contributed by atoms with E-state index in [1.54, 1.807) is 0 Å². The van der Waals surface area contributed by atoms with Crippen molar-refractivity contribution in [2.75, 3.05) is 26.4 Å². The maximum absolute atomic E-state index is 11.1. The van der Waals surface area contributed by atoms with Gasteiger partial charge in [0.05, 0.1) is 19.6 Å². The average molecular weight is 274 g/mol.